The minimum Gasteiger partial charge on any atom is -0.475 e. The van der Waals surface area contributed by atoms with Gasteiger partial charge < -0.3 is 9.94 Å². The molecule has 0 heterocycles. The largest absolute Gasteiger partial charge is 0.475 e. The smallest absolute Gasteiger partial charge is 0.257 e. The molecule has 0 atom stereocenters. The first-order valence-corrected chi connectivity index (χ1v) is 3.78. The second kappa shape index (κ2) is 4.38. The van der Waals surface area contributed by atoms with E-state index in [2.05, 4.69) is 5.16 Å². The fourth-order valence-electron chi connectivity index (χ4n) is 0.887. The van der Waals surface area contributed by atoms with Crippen molar-refractivity contribution in [3.05, 3.63) is 35.9 Å². The van der Waals surface area contributed by atoms with E-state index >= 15 is 0 Å². The topological polar surface area (TPSA) is 41.8 Å². The normalized spacial score (nSPS) is 11.2. The Morgan fingerprint density at radius 3 is 2.58 bits per heavy atom. The second-order valence-corrected chi connectivity index (χ2v) is 2.20. The SMILES string of the molecule is CCOC(=NO)c1ccccc1. The van der Waals surface area contributed by atoms with Crippen LogP contribution in [0, 0.1) is 0 Å². The van der Waals surface area contributed by atoms with Crippen molar-refractivity contribution in [1.29, 1.82) is 0 Å². The number of hydrogen-bond acceptors (Lipinski definition) is 3. The van der Waals surface area contributed by atoms with Crippen molar-refractivity contribution in [1.82, 2.24) is 0 Å². The Kier molecular flexibility index (Phi) is 3.14. The number of nitrogens with zero attached hydrogens (tertiary/aromatic N) is 1. The van der Waals surface area contributed by atoms with Gasteiger partial charge in [-0.15, -0.1) is 0 Å². The van der Waals surface area contributed by atoms with Crippen molar-refractivity contribution >= 4 is 5.90 Å². The van der Waals surface area contributed by atoms with Crippen LogP contribution in [-0.2, 0) is 4.74 Å². The minimum absolute atomic E-state index is 0.262. The highest BCUT2D eigenvalue weighted by Gasteiger charge is 2.01. The molecule has 12 heavy (non-hydrogen) atoms. The van der Waals surface area contributed by atoms with E-state index in [0.717, 1.165) is 5.56 Å². The van der Waals surface area contributed by atoms with E-state index in [1.807, 2.05) is 37.3 Å². The molecule has 0 spiro atoms. The highest BCUT2D eigenvalue weighted by molar-refractivity contribution is 5.93. The van der Waals surface area contributed by atoms with E-state index in [-0.39, 0.29) is 5.90 Å². The number of rotatable bonds is 2. The predicted molar refractivity (Wildman–Crippen MR) is 46.4 cm³/mol. The molecule has 0 saturated carbocycles. The summed E-state index contributed by atoms with van der Waals surface area (Å²) in [7, 11) is 0. The van der Waals surface area contributed by atoms with E-state index in [1.165, 1.54) is 0 Å². The molecule has 0 fully saturated rings. The lowest BCUT2D eigenvalue weighted by molar-refractivity contribution is 0.266. The van der Waals surface area contributed by atoms with Crippen molar-refractivity contribution in [3.63, 3.8) is 0 Å². The quantitative estimate of drug-likeness (QED) is 0.314. The Labute approximate surface area is 71.3 Å². The second-order valence-electron chi connectivity index (χ2n) is 2.20. The van der Waals surface area contributed by atoms with Gasteiger partial charge in [-0.05, 0) is 24.2 Å². The molecular weight excluding hydrogens is 154 g/mol. The van der Waals surface area contributed by atoms with Crippen LogP contribution in [0.3, 0.4) is 0 Å². The van der Waals surface area contributed by atoms with Crippen molar-refractivity contribution in [2.45, 2.75) is 6.92 Å². The van der Waals surface area contributed by atoms with Crippen LogP contribution >= 0.6 is 0 Å². The highest BCUT2D eigenvalue weighted by Crippen LogP contribution is 2.01. The summed E-state index contributed by atoms with van der Waals surface area (Å²) in [5, 5.41) is 11.6. The summed E-state index contributed by atoms with van der Waals surface area (Å²) in [5.41, 5.74) is 0.779. The van der Waals surface area contributed by atoms with Crippen LogP contribution in [0.4, 0.5) is 0 Å². The molecule has 1 aromatic rings. The third-order valence-electron chi connectivity index (χ3n) is 1.39. The van der Waals surface area contributed by atoms with Gasteiger partial charge in [-0.2, -0.15) is 0 Å². The van der Waals surface area contributed by atoms with Crippen molar-refractivity contribution < 1.29 is 9.94 Å². The maximum atomic E-state index is 8.57. The molecule has 0 aliphatic heterocycles. The summed E-state index contributed by atoms with van der Waals surface area (Å²) in [5.74, 6) is 0.262. The average molecular weight is 165 g/mol. The van der Waals surface area contributed by atoms with Gasteiger partial charge >= 0.3 is 0 Å². The van der Waals surface area contributed by atoms with E-state index in [1.54, 1.807) is 0 Å². The van der Waals surface area contributed by atoms with Gasteiger partial charge in [0.1, 0.15) is 0 Å². The number of hydrogen-bond donors (Lipinski definition) is 1. The van der Waals surface area contributed by atoms with Crippen LogP contribution < -0.4 is 0 Å². The Morgan fingerprint density at radius 2 is 2.08 bits per heavy atom. The van der Waals surface area contributed by atoms with Crippen molar-refractivity contribution in [2.24, 2.45) is 5.16 Å². The number of ether oxygens (including phenoxy) is 1. The first-order valence-electron chi connectivity index (χ1n) is 3.78. The Bertz CT molecular complexity index is 256. The van der Waals surface area contributed by atoms with Gasteiger partial charge in [0.25, 0.3) is 5.90 Å². The van der Waals surface area contributed by atoms with E-state index in [0.29, 0.717) is 6.61 Å². The summed E-state index contributed by atoms with van der Waals surface area (Å²) in [4.78, 5) is 0. The molecule has 0 aliphatic rings. The standard InChI is InChI=1S/C9H11NO2/c1-2-12-9(10-11)8-6-4-3-5-7-8/h3-7,11H,2H2,1H3. The molecule has 0 radical (unpaired) electrons. The molecule has 0 bridgehead atoms. The van der Waals surface area contributed by atoms with Crippen molar-refractivity contribution in [3.8, 4) is 0 Å². The van der Waals surface area contributed by atoms with Crippen LogP contribution in [0.25, 0.3) is 0 Å². The molecule has 0 saturated heterocycles. The van der Waals surface area contributed by atoms with Crippen molar-refractivity contribution in [2.75, 3.05) is 6.61 Å². The van der Waals surface area contributed by atoms with Crippen LogP contribution in [0.15, 0.2) is 35.5 Å². The molecule has 1 aromatic carbocycles. The zero-order valence-electron chi connectivity index (χ0n) is 6.90. The molecular formula is C9H11NO2. The van der Waals surface area contributed by atoms with Gasteiger partial charge in [0.05, 0.1) is 6.61 Å². The van der Waals surface area contributed by atoms with Gasteiger partial charge in [-0.3, -0.25) is 0 Å². The maximum absolute atomic E-state index is 8.57. The molecule has 3 heteroatoms. The summed E-state index contributed by atoms with van der Waals surface area (Å²) in [6, 6.07) is 9.26. The van der Waals surface area contributed by atoms with Gasteiger partial charge in [-0.1, -0.05) is 18.2 Å². The third-order valence-corrected chi connectivity index (χ3v) is 1.39. The molecule has 1 N–H and O–H groups in total. The first-order chi connectivity index (χ1) is 5.88. The van der Waals surface area contributed by atoms with E-state index in [9.17, 15) is 0 Å². The maximum Gasteiger partial charge on any atom is 0.257 e. The number of oxime groups is 1. The van der Waals surface area contributed by atoms with Crippen LogP contribution in [-0.4, -0.2) is 17.7 Å². The Hall–Kier alpha value is -1.51. The fourth-order valence-corrected chi connectivity index (χ4v) is 0.887. The van der Waals surface area contributed by atoms with Crippen LogP contribution in [0.2, 0.25) is 0 Å². The summed E-state index contributed by atoms with van der Waals surface area (Å²) in [6.07, 6.45) is 0. The minimum atomic E-state index is 0.262. The Balaban J connectivity index is 2.82. The van der Waals surface area contributed by atoms with E-state index in [4.69, 9.17) is 9.94 Å². The summed E-state index contributed by atoms with van der Waals surface area (Å²) in [6.45, 7) is 2.34. The average Bonchev–Trinajstić information content (AvgIpc) is 2.15. The summed E-state index contributed by atoms with van der Waals surface area (Å²) < 4.78 is 5.08. The third kappa shape index (κ3) is 1.99. The Morgan fingerprint density at radius 1 is 1.42 bits per heavy atom. The molecule has 0 aromatic heterocycles. The van der Waals surface area contributed by atoms with Gasteiger partial charge in [0.2, 0.25) is 0 Å². The molecule has 64 valence electrons. The highest BCUT2D eigenvalue weighted by atomic mass is 16.5. The zero-order valence-corrected chi connectivity index (χ0v) is 6.90. The van der Waals surface area contributed by atoms with Crippen LogP contribution in [0.1, 0.15) is 12.5 Å². The first kappa shape index (κ1) is 8.59. The lowest BCUT2D eigenvalue weighted by Gasteiger charge is -2.03. The lowest BCUT2D eigenvalue weighted by atomic mass is 10.2. The predicted octanol–water partition coefficient (Wildman–Crippen LogP) is 1.86. The van der Waals surface area contributed by atoms with Gasteiger partial charge in [0.15, 0.2) is 0 Å². The lowest BCUT2D eigenvalue weighted by Crippen LogP contribution is -2.05. The van der Waals surface area contributed by atoms with Crippen LogP contribution in [0.5, 0.6) is 0 Å². The van der Waals surface area contributed by atoms with Gasteiger partial charge in [-0.25, -0.2) is 0 Å². The summed E-state index contributed by atoms with van der Waals surface area (Å²) >= 11 is 0. The monoisotopic (exact) mass is 165 g/mol. The molecule has 0 unspecified atom stereocenters. The number of benzene rings is 1. The molecule has 3 nitrogen and oxygen atoms in total. The molecule has 0 aliphatic carbocycles. The molecule has 0 amide bonds. The molecule has 1 rings (SSSR count). The van der Waals surface area contributed by atoms with Gasteiger partial charge in [0, 0.05) is 5.56 Å². The fraction of sp³-hybridized carbons (Fsp3) is 0.222. The van der Waals surface area contributed by atoms with E-state index < -0.39 is 0 Å². The zero-order chi connectivity index (χ0) is 8.81.